The second-order valence-electron chi connectivity index (χ2n) is 7.07. The standard InChI is InChI=1S/C17H26ClN/c1-5-13-10-17(11-13,12-19-16(2,3)4)14-6-8-15(18)9-7-14/h6-9,13,19H,5,10-12H2,1-4H3. The highest BCUT2D eigenvalue weighted by Gasteiger charge is 2.44. The van der Waals surface area contributed by atoms with Gasteiger partial charge in [0, 0.05) is 22.5 Å². The van der Waals surface area contributed by atoms with E-state index in [0.29, 0.717) is 5.41 Å². The molecule has 1 fully saturated rings. The molecule has 0 spiro atoms. The predicted octanol–water partition coefficient (Wildman–Crippen LogP) is 4.79. The van der Waals surface area contributed by atoms with E-state index >= 15 is 0 Å². The molecule has 0 saturated heterocycles. The van der Waals surface area contributed by atoms with E-state index in [0.717, 1.165) is 17.5 Å². The van der Waals surface area contributed by atoms with Gasteiger partial charge in [0.25, 0.3) is 0 Å². The fourth-order valence-electron chi connectivity index (χ4n) is 3.05. The first kappa shape index (κ1) is 14.9. The molecule has 0 unspecified atom stereocenters. The number of hydrogen-bond acceptors (Lipinski definition) is 1. The smallest absolute Gasteiger partial charge is 0.0406 e. The van der Waals surface area contributed by atoms with Gasteiger partial charge in [-0.3, -0.25) is 0 Å². The molecule has 1 saturated carbocycles. The number of halogens is 1. The molecule has 1 aliphatic carbocycles. The fourth-order valence-corrected chi connectivity index (χ4v) is 3.18. The van der Waals surface area contributed by atoms with Gasteiger partial charge in [0.1, 0.15) is 0 Å². The highest BCUT2D eigenvalue weighted by atomic mass is 35.5. The molecule has 19 heavy (non-hydrogen) atoms. The number of nitrogens with one attached hydrogen (secondary N) is 1. The molecule has 0 aliphatic heterocycles. The van der Waals surface area contributed by atoms with Crippen LogP contribution in [0, 0.1) is 5.92 Å². The van der Waals surface area contributed by atoms with Gasteiger partial charge in [0.15, 0.2) is 0 Å². The van der Waals surface area contributed by atoms with Crippen LogP contribution in [-0.4, -0.2) is 12.1 Å². The molecule has 2 heteroatoms. The van der Waals surface area contributed by atoms with Crippen molar-refractivity contribution >= 4 is 11.6 Å². The zero-order valence-electron chi connectivity index (χ0n) is 12.6. The predicted molar refractivity (Wildman–Crippen MR) is 83.9 cm³/mol. The summed E-state index contributed by atoms with van der Waals surface area (Å²) >= 11 is 6.01. The molecule has 0 aromatic heterocycles. The fraction of sp³-hybridized carbons (Fsp3) is 0.647. The Balaban J connectivity index is 2.14. The summed E-state index contributed by atoms with van der Waals surface area (Å²) in [5, 5.41) is 4.52. The summed E-state index contributed by atoms with van der Waals surface area (Å²) in [6, 6.07) is 8.46. The van der Waals surface area contributed by atoms with E-state index in [4.69, 9.17) is 11.6 Å². The summed E-state index contributed by atoms with van der Waals surface area (Å²) in [5.41, 5.74) is 1.94. The van der Waals surface area contributed by atoms with Gasteiger partial charge in [-0.2, -0.15) is 0 Å². The SMILES string of the molecule is CCC1CC(CNC(C)(C)C)(c2ccc(Cl)cc2)C1. The van der Waals surface area contributed by atoms with Crippen LogP contribution in [0.3, 0.4) is 0 Å². The monoisotopic (exact) mass is 279 g/mol. The highest BCUT2D eigenvalue weighted by Crippen LogP contribution is 2.49. The van der Waals surface area contributed by atoms with Gasteiger partial charge in [0.2, 0.25) is 0 Å². The first-order valence-corrected chi connectivity index (χ1v) is 7.73. The van der Waals surface area contributed by atoms with Crippen molar-refractivity contribution in [1.29, 1.82) is 0 Å². The second-order valence-corrected chi connectivity index (χ2v) is 7.51. The average molecular weight is 280 g/mol. The molecule has 0 atom stereocenters. The molecule has 106 valence electrons. The molecule has 0 amide bonds. The second kappa shape index (κ2) is 5.46. The average Bonchev–Trinajstić information content (AvgIpc) is 2.28. The third kappa shape index (κ3) is 3.52. The maximum Gasteiger partial charge on any atom is 0.0406 e. The van der Waals surface area contributed by atoms with Gasteiger partial charge in [-0.25, -0.2) is 0 Å². The lowest BCUT2D eigenvalue weighted by Gasteiger charge is -2.49. The lowest BCUT2D eigenvalue weighted by Crippen LogP contribution is -2.52. The Bertz CT molecular complexity index is 410. The Morgan fingerprint density at radius 3 is 2.26 bits per heavy atom. The van der Waals surface area contributed by atoms with Crippen LogP contribution in [0.2, 0.25) is 5.02 Å². The van der Waals surface area contributed by atoms with Crippen LogP contribution in [-0.2, 0) is 5.41 Å². The lowest BCUT2D eigenvalue weighted by atomic mass is 9.57. The quantitative estimate of drug-likeness (QED) is 0.836. The van der Waals surface area contributed by atoms with E-state index in [1.807, 2.05) is 12.1 Å². The van der Waals surface area contributed by atoms with E-state index in [1.165, 1.54) is 24.8 Å². The van der Waals surface area contributed by atoms with E-state index < -0.39 is 0 Å². The summed E-state index contributed by atoms with van der Waals surface area (Å²) in [4.78, 5) is 0. The maximum absolute atomic E-state index is 6.01. The van der Waals surface area contributed by atoms with E-state index in [1.54, 1.807) is 0 Å². The Hall–Kier alpha value is -0.530. The van der Waals surface area contributed by atoms with Gasteiger partial charge < -0.3 is 5.32 Å². The minimum atomic E-state index is 0.177. The van der Waals surface area contributed by atoms with Gasteiger partial charge in [0.05, 0.1) is 0 Å². The molecule has 1 nitrogen and oxygen atoms in total. The minimum Gasteiger partial charge on any atom is -0.311 e. The van der Waals surface area contributed by atoms with Crippen LogP contribution in [0.25, 0.3) is 0 Å². The van der Waals surface area contributed by atoms with E-state index in [2.05, 4.69) is 45.1 Å². The van der Waals surface area contributed by atoms with Crippen molar-refractivity contribution in [2.45, 2.75) is 57.9 Å². The first-order valence-electron chi connectivity index (χ1n) is 7.36. The summed E-state index contributed by atoms with van der Waals surface area (Å²) in [5.74, 6) is 0.887. The van der Waals surface area contributed by atoms with Crippen LogP contribution < -0.4 is 5.32 Å². The molecule has 1 aromatic carbocycles. The van der Waals surface area contributed by atoms with Gasteiger partial charge in [-0.05, 0) is 57.2 Å². The van der Waals surface area contributed by atoms with Crippen molar-refractivity contribution in [3.8, 4) is 0 Å². The highest BCUT2D eigenvalue weighted by molar-refractivity contribution is 6.30. The molecule has 1 N–H and O–H groups in total. The Morgan fingerprint density at radius 1 is 1.21 bits per heavy atom. The van der Waals surface area contributed by atoms with Gasteiger partial charge in [-0.15, -0.1) is 0 Å². The van der Waals surface area contributed by atoms with Crippen LogP contribution in [0.4, 0.5) is 0 Å². The van der Waals surface area contributed by atoms with Crippen molar-refractivity contribution < 1.29 is 0 Å². The molecular formula is C17H26ClN. The van der Waals surface area contributed by atoms with Crippen LogP contribution in [0.15, 0.2) is 24.3 Å². The zero-order valence-corrected chi connectivity index (χ0v) is 13.3. The van der Waals surface area contributed by atoms with Gasteiger partial charge >= 0.3 is 0 Å². The Kier molecular flexibility index (Phi) is 4.27. The van der Waals surface area contributed by atoms with Gasteiger partial charge in [-0.1, -0.05) is 37.1 Å². The van der Waals surface area contributed by atoms with Crippen molar-refractivity contribution in [3.05, 3.63) is 34.9 Å². The first-order chi connectivity index (χ1) is 8.85. The summed E-state index contributed by atoms with van der Waals surface area (Å²) < 4.78 is 0. The lowest BCUT2D eigenvalue weighted by molar-refractivity contribution is 0.125. The van der Waals surface area contributed by atoms with Crippen molar-refractivity contribution in [2.24, 2.45) is 5.92 Å². The zero-order chi connectivity index (χ0) is 14.1. The molecule has 0 bridgehead atoms. The summed E-state index contributed by atoms with van der Waals surface area (Å²) in [7, 11) is 0. The molecule has 0 heterocycles. The van der Waals surface area contributed by atoms with Crippen molar-refractivity contribution in [3.63, 3.8) is 0 Å². The third-order valence-electron chi connectivity index (χ3n) is 4.35. The Morgan fingerprint density at radius 2 is 1.79 bits per heavy atom. The normalized spacial score (nSPS) is 27.1. The molecular weight excluding hydrogens is 254 g/mol. The molecule has 0 radical (unpaired) electrons. The molecule has 1 aromatic rings. The summed E-state index contributed by atoms with van der Waals surface area (Å²) in [6.07, 6.45) is 3.90. The van der Waals surface area contributed by atoms with Crippen molar-refractivity contribution in [2.75, 3.05) is 6.54 Å². The third-order valence-corrected chi connectivity index (χ3v) is 4.60. The van der Waals surface area contributed by atoms with Crippen molar-refractivity contribution in [1.82, 2.24) is 5.32 Å². The van der Waals surface area contributed by atoms with Crippen LogP contribution >= 0.6 is 11.6 Å². The Labute approximate surface area is 122 Å². The molecule has 2 rings (SSSR count). The topological polar surface area (TPSA) is 12.0 Å². The largest absolute Gasteiger partial charge is 0.311 e. The number of hydrogen-bond donors (Lipinski definition) is 1. The van der Waals surface area contributed by atoms with Crippen LogP contribution in [0.5, 0.6) is 0 Å². The van der Waals surface area contributed by atoms with Crippen LogP contribution in [0.1, 0.15) is 52.5 Å². The number of benzene rings is 1. The summed E-state index contributed by atoms with van der Waals surface area (Å²) in [6.45, 7) is 10.1. The minimum absolute atomic E-state index is 0.177. The van der Waals surface area contributed by atoms with E-state index in [9.17, 15) is 0 Å². The maximum atomic E-state index is 6.01. The number of rotatable bonds is 4. The van der Waals surface area contributed by atoms with E-state index in [-0.39, 0.29) is 5.54 Å². The molecule has 1 aliphatic rings.